The van der Waals surface area contributed by atoms with Crippen molar-refractivity contribution < 1.29 is 9.32 Å². The Morgan fingerprint density at radius 1 is 1.40 bits per heavy atom. The van der Waals surface area contributed by atoms with Gasteiger partial charge in [0.15, 0.2) is 0 Å². The van der Waals surface area contributed by atoms with E-state index in [1.165, 1.54) is 6.33 Å². The lowest BCUT2D eigenvalue weighted by Crippen LogP contribution is -2.49. The molecule has 7 nitrogen and oxygen atoms in total. The summed E-state index contributed by atoms with van der Waals surface area (Å²) in [6, 6.07) is 0.250. The number of rotatable bonds is 4. The van der Waals surface area contributed by atoms with Crippen LogP contribution in [0.1, 0.15) is 45.2 Å². The molecule has 3 heterocycles. The Labute approximate surface area is 147 Å². The monoisotopic (exact) mass is 343 g/mol. The van der Waals surface area contributed by atoms with Crippen molar-refractivity contribution in [3.05, 3.63) is 12.0 Å². The van der Waals surface area contributed by atoms with Gasteiger partial charge in [-0.2, -0.15) is 4.98 Å². The van der Waals surface area contributed by atoms with Gasteiger partial charge in [-0.05, 0) is 38.0 Å². The van der Waals surface area contributed by atoms with Crippen molar-refractivity contribution in [3.8, 4) is 0 Å². The van der Waals surface area contributed by atoms with Crippen LogP contribution in [0.4, 0.5) is 5.82 Å². The first-order chi connectivity index (χ1) is 12.0. The van der Waals surface area contributed by atoms with E-state index in [0.717, 1.165) is 49.1 Å². The van der Waals surface area contributed by atoms with Crippen molar-refractivity contribution in [1.29, 1.82) is 0 Å². The van der Waals surface area contributed by atoms with E-state index in [2.05, 4.69) is 39.2 Å². The maximum atomic E-state index is 12.5. The number of hydrogen-bond acceptors (Lipinski definition) is 6. The molecule has 134 valence electrons. The van der Waals surface area contributed by atoms with Gasteiger partial charge in [-0.1, -0.05) is 19.0 Å². The van der Waals surface area contributed by atoms with E-state index in [9.17, 15) is 4.79 Å². The van der Waals surface area contributed by atoms with Crippen LogP contribution in [0.25, 0.3) is 11.1 Å². The molecule has 2 aliphatic rings. The third-order valence-corrected chi connectivity index (χ3v) is 5.92. The van der Waals surface area contributed by atoms with Crippen LogP contribution < -0.4 is 10.2 Å². The minimum absolute atomic E-state index is 0.137. The minimum Gasteiger partial charge on any atom is -0.354 e. The number of hydrogen-bond donors (Lipinski definition) is 1. The number of carbonyl (C=O) groups excluding carboxylic acids is 1. The maximum absolute atomic E-state index is 12.5. The van der Waals surface area contributed by atoms with Crippen molar-refractivity contribution in [1.82, 2.24) is 20.4 Å². The zero-order valence-electron chi connectivity index (χ0n) is 15.1. The smallest absolute Gasteiger partial charge is 0.263 e. The Balaban J connectivity index is 1.49. The first kappa shape index (κ1) is 16.3. The van der Waals surface area contributed by atoms with Crippen molar-refractivity contribution >= 4 is 22.8 Å². The second-order valence-electron chi connectivity index (χ2n) is 7.96. The number of aryl methyl sites for hydroxylation is 1. The number of anilines is 1. The minimum atomic E-state index is 0.137. The molecular formula is C18H25N5O2. The molecule has 0 aromatic carbocycles. The Morgan fingerprint density at radius 3 is 2.96 bits per heavy atom. The molecule has 2 aromatic heterocycles. The fraction of sp³-hybridized carbons (Fsp3) is 0.667. The molecule has 2 aromatic rings. The van der Waals surface area contributed by atoms with Gasteiger partial charge >= 0.3 is 0 Å². The molecule has 1 N–H and O–H groups in total. The zero-order chi connectivity index (χ0) is 17.6. The average Bonchev–Trinajstić information content (AvgIpc) is 3.19. The molecule has 2 fully saturated rings. The van der Waals surface area contributed by atoms with Gasteiger partial charge in [0.05, 0.1) is 5.69 Å². The number of carbonyl (C=O) groups is 1. The van der Waals surface area contributed by atoms with Crippen LogP contribution in [0.2, 0.25) is 0 Å². The first-order valence-corrected chi connectivity index (χ1v) is 9.09. The molecule has 1 saturated carbocycles. The van der Waals surface area contributed by atoms with Crippen LogP contribution in [-0.4, -0.2) is 40.2 Å². The van der Waals surface area contributed by atoms with Crippen molar-refractivity contribution in [2.45, 2.75) is 52.5 Å². The van der Waals surface area contributed by atoms with Crippen molar-refractivity contribution in [2.75, 3.05) is 18.0 Å². The standard InChI is InChI=1S/C18H25N5O2/c1-11-14-15(20-10-21-17(14)25-22-11)23-8-4-5-12(23)9-19-16(24)13-6-7-18(13,2)3/h10,12-13H,4-9H2,1-3H3,(H,19,24)/t12-,13?/m1/s1. The second kappa shape index (κ2) is 5.97. The number of nitrogens with one attached hydrogen (secondary N) is 1. The van der Waals surface area contributed by atoms with Gasteiger partial charge in [0.25, 0.3) is 5.71 Å². The summed E-state index contributed by atoms with van der Waals surface area (Å²) in [5, 5.41) is 8.06. The first-order valence-electron chi connectivity index (χ1n) is 9.09. The molecule has 1 unspecified atom stereocenters. The fourth-order valence-corrected chi connectivity index (χ4v) is 4.14. The largest absolute Gasteiger partial charge is 0.354 e. The van der Waals surface area contributed by atoms with E-state index >= 15 is 0 Å². The van der Waals surface area contributed by atoms with Crippen molar-refractivity contribution in [3.63, 3.8) is 0 Å². The summed E-state index contributed by atoms with van der Waals surface area (Å²) in [7, 11) is 0. The van der Waals surface area contributed by atoms with E-state index in [0.29, 0.717) is 12.3 Å². The van der Waals surface area contributed by atoms with Gasteiger partial charge in [0.1, 0.15) is 17.5 Å². The van der Waals surface area contributed by atoms with Gasteiger partial charge in [-0.15, -0.1) is 0 Å². The fourth-order valence-electron chi connectivity index (χ4n) is 4.14. The summed E-state index contributed by atoms with van der Waals surface area (Å²) in [5.74, 6) is 1.20. The molecule has 1 aliphatic carbocycles. The topological polar surface area (TPSA) is 84.2 Å². The SMILES string of the molecule is Cc1noc2ncnc(N3CCC[C@@H]3CNC(=O)C3CCC3(C)C)c12. The second-order valence-corrected chi connectivity index (χ2v) is 7.96. The molecular weight excluding hydrogens is 318 g/mol. The molecule has 0 bridgehead atoms. The van der Waals surface area contributed by atoms with E-state index < -0.39 is 0 Å². The Morgan fingerprint density at radius 2 is 2.24 bits per heavy atom. The molecule has 1 amide bonds. The van der Waals surface area contributed by atoms with Crippen LogP contribution in [0.3, 0.4) is 0 Å². The number of fused-ring (bicyclic) bond motifs is 1. The lowest BCUT2D eigenvalue weighted by atomic mass is 9.62. The third-order valence-electron chi connectivity index (χ3n) is 5.92. The molecule has 25 heavy (non-hydrogen) atoms. The van der Waals surface area contributed by atoms with E-state index in [1.54, 1.807) is 0 Å². The van der Waals surface area contributed by atoms with Crippen LogP contribution in [0.15, 0.2) is 10.9 Å². The summed E-state index contributed by atoms with van der Waals surface area (Å²) in [5.41, 5.74) is 1.46. The molecule has 1 aliphatic heterocycles. The Kier molecular flexibility index (Phi) is 3.89. The van der Waals surface area contributed by atoms with Crippen LogP contribution in [0.5, 0.6) is 0 Å². The van der Waals surface area contributed by atoms with Gasteiger partial charge in [-0.3, -0.25) is 4.79 Å². The maximum Gasteiger partial charge on any atom is 0.263 e. The lowest BCUT2D eigenvalue weighted by Gasteiger charge is -2.43. The number of aromatic nitrogens is 3. The average molecular weight is 343 g/mol. The summed E-state index contributed by atoms with van der Waals surface area (Å²) in [6.07, 6.45) is 5.79. The molecule has 1 saturated heterocycles. The lowest BCUT2D eigenvalue weighted by molar-refractivity contribution is -0.134. The number of nitrogens with zero attached hydrogens (tertiary/aromatic N) is 4. The van der Waals surface area contributed by atoms with Gasteiger partial charge in [0.2, 0.25) is 5.91 Å². The zero-order valence-corrected chi connectivity index (χ0v) is 15.1. The summed E-state index contributed by atoms with van der Waals surface area (Å²) in [4.78, 5) is 23.4. The van der Waals surface area contributed by atoms with Crippen molar-refractivity contribution in [2.24, 2.45) is 11.3 Å². The highest BCUT2D eigenvalue weighted by Gasteiger charge is 2.43. The molecule has 2 atom stereocenters. The van der Waals surface area contributed by atoms with Gasteiger partial charge in [-0.25, -0.2) is 4.98 Å². The molecule has 0 spiro atoms. The van der Waals surface area contributed by atoms with E-state index in [-0.39, 0.29) is 23.3 Å². The summed E-state index contributed by atoms with van der Waals surface area (Å²) >= 11 is 0. The van der Waals surface area contributed by atoms with Gasteiger partial charge < -0.3 is 14.7 Å². The quantitative estimate of drug-likeness (QED) is 0.918. The van der Waals surface area contributed by atoms with Crippen LogP contribution in [-0.2, 0) is 4.79 Å². The molecule has 7 heteroatoms. The highest BCUT2D eigenvalue weighted by molar-refractivity contribution is 5.88. The van der Waals surface area contributed by atoms with Crippen LogP contribution >= 0.6 is 0 Å². The highest BCUT2D eigenvalue weighted by atomic mass is 16.5. The predicted octanol–water partition coefficient (Wildman–Crippen LogP) is 2.45. The van der Waals surface area contributed by atoms with Gasteiger partial charge in [0, 0.05) is 25.0 Å². The Hall–Kier alpha value is -2.18. The normalized spacial score (nSPS) is 25.2. The van der Waals surface area contributed by atoms with E-state index in [1.807, 2.05) is 6.92 Å². The number of amides is 1. The molecule has 0 radical (unpaired) electrons. The van der Waals surface area contributed by atoms with Crippen LogP contribution in [0, 0.1) is 18.3 Å². The summed E-state index contributed by atoms with van der Waals surface area (Å²) in [6.45, 7) is 7.83. The highest BCUT2D eigenvalue weighted by Crippen LogP contribution is 2.45. The predicted molar refractivity (Wildman–Crippen MR) is 94.2 cm³/mol. The Bertz CT molecular complexity index is 800. The molecule has 4 rings (SSSR count). The summed E-state index contributed by atoms with van der Waals surface area (Å²) < 4.78 is 5.26. The third kappa shape index (κ3) is 2.75. The van der Waals surface area contributed by atoms with E-state index in [4.69, 9.17) is 4.52 Å².